The van der Waals surface area contributed by atoms with Crippen LogP contribution in [0.1, 0.15) is 20.7 Å². The number of aromatic nitrogens is 1. The minimum Gasteiger partial charge on any atom is -0.307 e. The van der Waals surface area contributed by atoms with Crippen molar-refractivity contribution in [3.63, 3.8) is 0 Å². The minimum absolute atomic E-state index is 0.0253. The van der Waals surface area contributed by atoms with Crippen molar-refractivity contribution in [3.05, 3.63) is 82.5 Å². The van der Waals surface area contributed by atoms with E-state index in [1.165, 1.54) is 36.5 Å². The lowest BCUT2D eigenvalue weighted by Gasteiger charge is -2.15. The highest BCUT2D eigenvalue weighted by Gasteiger charge is 2.42. The van der Waals surface area contributed by atoms with E-state index in [-0.39, 0.29) is 21.7 Å². The second-order valence-electron chi connectivity index (χ2n) is 5.93. The molecule has 3 aromatic rings. The van der Waals surface area contributed by atoms with E-state index in [0.29, 0.717) is 5.82 Å². The molecule has 1 aliphatic heterocycles. The normalized spacial score (nSPS) is 14.6. The fraction of sp³-hybridized carbons (Fsp3) is 0. The van der Waals surface area contributed by atoms with E-state index >= 15 is 0 Å². The SMILES string of the molecule is O=C(Nc1ccccn1)c1ccc2c(c1)S(=O)(=O)N(c1ccc(Br)cc1)C2=O. The number of nitrogens with zero attached hydrogens (tertiary/aromatic N) is 2. The smallest absolute Gasteiger partial charge is 0.273 e. The summed E-state index contributed by atoms with van der Waals surface area (Å²) in [6, 6.07) is 15.3. The van der Waals surface area contributed by atoms with Crippen LogP contribution in [0.2, 0.25) is 0 Å². The highest BCUT2D eigenvalue weighted by atomic mass is 79.9. The van der Waals surface area contributed by atoms with Crippen LogP contribution < -0.4 is 9.62 Å². The van der Waals surface area contributed by atoms with Crippen LogP contribution in [0.3, 0.4) is 0 Å². The molecule has 0 spiro atoms. The Kier molecular flexibility index (Phi) is 4.48. The third-order valence-electron chi connectivity index (χ3n) is 4.14. The van der Waals surface area contributed by atoms with Gasteiger partial charge in [-0.2, -0.15) is 4.31 Å². The van der Waals surface area contributed by atoms with E-state index < -0.39 is 21.8 Å². The Morgan fingerprint density at radius 2 is 1.79 bits per heavy atom. The fourth-order valence-corrected chi connectivity index (χ4v) is 4.71. The van der Waals surface area contributed by atoms with Crippen molar-refractivity contribution in [1.82, 2.24) is 4.98 Å². The van der Waals surface area contributed by atoms with Crippen LogP contribution in [-0.2, 0) is 10.0 Å². The first-order chi connectivity index (χ1) is 13.4. The first kappa shape index (κ1) is 18.3. The van der Waals surface area contributed by atoms with E-state index in [1.54, 1.807) is 30.3 Å². The molecule has 0 aliphatic carbocycles. The molecule has 28 heavy (non-hydrogen) atoms. The maximum absolute atomic E-state index is 13.0. The molecule has 0 fully saturated rings. The molecule has 0 saturated carbocycles. The molecular weight excluding hydrogens is 446 g/mol. The van der Waals surface area contributed by atoms with Crippen molar-refractivity contribution in [2.45, 2.75) is 4.90 Å². The number of halogens is 1. The van der Waals surface area contributed by atoms with Gasteiger partial charge in [-0.3, -0.25) is 9.59 Å². The first-order valence-corrected chi connectivity index (χ1v) is 10.3. The second-order valence-corrected chi connectivity index (χ2v) is 8.60. The summed E-state index contributed by atoms with van der Waals surface area (Å²) in [4.78, 5) is 28.9. The largest absolute Gasteiger partial charge is 0.307 e. The Labute approximate surface area is 169 Å². The van der Waals surface area contributed by atoms with E-state index in [1.807, 2.05) is 0 Å². The van der Waals surface area contributed by atoms with Crippen molar-refractivity contribution in [2.24, 2.45) is 0 Å². The van der Waals surface area contributed by atoms with Crippen LogP contribution in [0.5, 0.6) is 0 Å². The average molecular weight is 458 g/mol. The Balaban J connectivity index is 1.71. The average Bonchev–Trinajstić information content (AvgIpc) is 2.89. The number of sulfonamides is 1. The first-order valence-electron chi connectivity index (χ1n) is 8.09. The molecule has 0 saturated heterocycles. The lowest BCUT2D eigenvalue weighted by Crippen LogP contribution is -2.29. The zero-order valence-corrected chi connectivity index (χ0v) is 16.6. The van der Waals surface area contributed by atoms with Crippen LogP contribution in [-0.4, -0.2) is 25.2 Å². The van der Waals surface area contributed by atoms with Gasteiger partial charge in [-0.05, 0) is 54.6 Å². The molecule has 2 heterocycles. The Hall–Kier alpha value is -3.04. The summed E-state index contributed by atoms with van der Waals surface area (Å²) < 4.78 is 27.4. The zero-order chi connectivity index (χ0) is 19.9. The quantitative estimate of drug-likeness (QED) is 0.649. The summed E-state index contributed by atoms with van der Waals surface area (Å²) in [6.45, 7) is 0. The number of rotatable bonds is 3. The van der Waals surface area contributed by atoms with Gasteiger partial charge < -0.3 is 5.32 Å². The van der Waals surface area contributed by atoms with Crippen molar-refractivity contribution in [2.75, 3.05) is 9.62 Å². The third kappa shape index (κ3) is 3.08. The summed E-state index contributed by atoms with van der Waals surface area (Å²) in [7, 11) is -4.12. The molecule has 1 aliphatic rings. The Bertz CT molecular complexity index is 1200. The van der Waals surface area contributed by atoms with Crippen molar-refractivity contribution in [3.8, 4) is 0 Å². The number of pyridine rings is 1. The second kappa shape index (κ2) is 6.84. The minimum atomic E-state index is -4.12. The predicted molar refractivity (Wildman–Crippen MR) is 107 cm³/mol. The molecule has 7 nitrogen and oxygen atoms in total. The van der Waals surface area contributed by atoms with Gasteiger partial charge in [-0.15, -0.1) is 0 Å². The lowest BCUT2D eigenvalue weighted by molar-refractivity contribution is 0.100. The number of amides is 2. The summed E-state index contributed by atoms with van der Waals surface area (Å²) in [5, 5.41) is 2.59. The number of nitrogens with one attached hydrogen (secondary N) is 1. The topological polar surface area (TPSA) is 96.4 Å². The molecule has 1 aromatic heterocycles. The molecule has 2 aromatic carbocycles. The molecule has 140 valence electrons. The molecule has 0 bridgehead atoms. The number of hydrogen-bond donors (Lipinski definition) is 1. The van der Waals surface area contributed by atoms with Gasteiger partial charge >= 0.3 is 0 Å². The number of hydrogen-bond acceptors (Lipinski definition) is 5. The number of carbonyl (C=O) groups excluding carboxylic acids is 2. The van der Waals surface area contributed by atoms with Crippen molar-refractivity contribution in [1.29, 1.82) is 0 Å². The van der Waals surface area contributed by atoms with E-state index in [4.69, 9.17) is 0 Å². The molecule has 9 heteroatoms. The predicted octanol–water partition coefficient (Wildman–Crippen LogP) is 3.45. The van der Waals surface area contributed by atoms with Crippen LogP contribution >= 0.6 is 15.9 Å². The number of anilines is 2. The Morgan fingerprint density at radius 1 is 1.04 bits per heavy atom. The van der Waals surface area contributed by atoms with Crippen molar-refractivity contribution < 1.29 is 18.0 Å². The highest BCUT2D eigenvalue weighted by Crippen LogP contribution is 2.35. The van der Waals surface area contributed by atoms with Gasteiger partial charge in [0.05, 0.1) is 11.3 Å². The van der Waals surface area contributed by atoms with Crippen LogP contribution in [0.15, 0.2) is 76.2 Å². The zero-order valence-electron chi connectivity index (χ0n) is 14.2. The van der Waals surface area contributed by atoms with Gasteiger partial charge in [0.1, 0.15) is 10.7 Å². The molecule has 1 N–H and O–H groups in total. The summed E-state index contributed by atoms with van der Waals surface area (Å²) in [5.41, 5.74) is 0.361. The maximum atomic E-state index is 13.0. The van der Waals surface area contributed by atoms with Gasteiger partial charge in [-0.1, -0.05) is 22.0 Å². The molecule has 2 amide bonds. The summed E-state index contributed by atoms with van der Waals surface area (Å²) in [5.74, 6) is -0.844. The Morgan fingerprint density at radius 3 is 2.46 bits per heavy atom. The lowest BCUT2D eigenvalue weighted by atomic mass is 10.1. The van der Waals surface area contributed by atoms with E-state index in [0.717, 1.165) is 8.78 Å². The number of benzene rings is 2. The number of carbonyl (C=O) groups is 2. The van der Waals surface area contributed by atoms with Crippen LogP contribution in [0.25, 0.3) is 0 Å². The fourth-order valence-electron chi connectivity index (χ4n) is 2.83. The summed E-state index contributed by atoms with van der Waals surface area (Å²) in [6.07, 6.45) is 1.53. The molecule has 0 unspecified atom stereocenters. The van der Waals surface area contributed by atoms with Gasteiger partial charge in [0.2, 0.25) is 0 Å². The van der Waals surface area contributed by atoms with Gasteiger partial charge in [0, 0.05) is 16.2 Å². The van der Waals surface area contributed by atoms with Crippen LogP contribution in [0, 0.1) is 0 Å². The molecule has 0 atom stereocenters. The van der Waals surface area contributed by atoms with Crippen molar-refractivity contribution >= 4 is 49.3 Å². The van der Waals surface area contributed by atoms with Gasteiger partial charge in [0.25, 0.3) is 21.8 Å². The van der Waals surface area contributed by atoms with E-state index in [2.05, 4.69) is 26.2 Å². The summed E-state index contributed by atoms with van der Waals surface area (Å²) >= 11 is 3.28. The monoisotopic (exact) mass is 457 g/mol. The maximum Gasteiger partial charge on any atom is 0.273 e. The van der Waals surface area contributed by atoms with Crippen LogP contribution in [0.4, 0.5) is 11.5 Å². The highest BCUT2D eigenvalue weighted by molar-refractivity contribution is 9.10. The van der Waals surface area contributed by atoms with Gasteiger partial charge in [-0.25, -0.2) is 13.4 Å². The number of fused-ring (bicyclic) bond motifs is 1. The standard InChI is InChI=1S/C19H12BrN3O4S/c20-13-5-7-14(8-6-13)23-19(25)15-9-4-12(11-16(15)28(23,26)27)18(24)22-17-3-1-2-10-21-17/h1-11H,(H,21,22,24). The van der Waals surface area contributed by atoms with Gasteiger partial charge in [0.15, 0.2) is 0 Å². The van der Waals surface area contributed by atoms with E-state index in [9.17, 15) is 18.0 Å². The molecular formula is C19H12BrN3O4S. The molecule has 4 rings (SSSR count). The third-order valence-corrected chi connectivity index (χ3v) is 6.42. The molecule has 0 radical (unpaired) electrons.